The molecule has 9 heteroatoms. The summed E-state index contributed by atoms with van der Waals surface area (Å²) in [6.07, 6.45) is 4.02. The van der Waals surface area contributed by atoms with Gasteiger partial charge in [0.15, 0.2) is 0 Å². The largest absolute Gasteiger partial charge is 0.498 e. The van der Waals surface area contributed by atoms with Gasteiger partial charge in [0.05, 0.1) is 24.4 Å². The molecule has 1 saturated heterocycles. The van der Waals surface area contributed by atoms with Crippen molar-refractivity contribution >= 4 is 18.7 Å². The summed E-state index contributed by atoms with van der Waals surface area (Å²) in [6, 6.07) is 7.91. The molecule has 1 aromatic heterocycles. The summed E-state index contributed by atoms with van der Waals surface area (Å²) in [5.41, 5.74) is 0.712. The molecule has 0 unspecified atom stereocenters. The molecule has 0 spiro atoms. The topological polar surface area (TPSA) is 83.8 Å². The predicted octanol–water partition coefficient (Wildman–Crippen LogP) is 3.52. The molecule has 8 nitrogen and oxygen atoms in total. The van der Waals surface area contributed by atoms with Crippen LogP contribution in [0.3, 0.4) is 0 Å². The third-order valence-corrected chi connectivity index (χ3v) is 5.68. The summed E-state index contributed by atoms with van der Waals surface area (Å²) in [7, 11) is -0.423. The predicted molar refractivity (Wildman–Crippen MR) is 128 cm³/mol. The number of benzene rings is 1. The van der Waals surface area contributed by atoms with E-state index < -0.39 is 18.8 Å². The van der Waals surface area contributed by atoms with Crippen LogP contribution in [0.4, 0.5) is 4.79 Å². The first-order chi connectivity index (χ1) is 15.3. The number of nitrogens with one attached hydrogen (secondary N) is 1. The van der Waals surface area contributed by atoms with Crippen LogP contribution in [0.25, 0.3) is 0 Å². The van der Waals surface area contributed by atoms with E-state index in [0.717, 1.165) is 16.8 Å². The highest BCUT2D eigenvalue weighted by Crippen LogP contribution is 2.36. The summed E-state index contributed by atoms with van der Waals surface area (Å²) >= 11 is 0. The molecule has 1 N–H and O–H groups in total. The van der Waals surface area contributed by atoms with Crippen LogP contribution < -0.4 is 15.5 Å². The minimum absolute atomic E-state index is 0.381. The van der Waals surface area contributed by atoms with E-state index in [1.54, 1.807) is 6.20 Å². The monoisotopic (exact) mass is 457 g/mol. The van der Waals surface area contributed by atoms with Crippen molar-refractivity contribution in [3.05, 3.63) is 42.2 Å². The van der Waals surface area contributed by atoms with E-state index in [9.17, 15) is 4.79 Å². The Hall–Kier alpha value is -2.52. The van der Waals surface area contributed by atoms with Crippen LogP contribution in [0, 0.1) is 0 Å². The molecule has 1 aliphatic heterocycles. The van der Waals surface area contributed by atoms with Crippen molar-refractivity contribution in [3.63, 3.8) is 0 Å². The van der Waals surface area contributed by atoms with Crippen molar-refractivity contribution in [2.75, 3.05) is 13.2 Å². The first-order valence-corrected chi connectivity index (χ1v) is 11.4. The van der Waals surface area contributed by atoms with E-state index in [1.165, 1.54) is 0 Å². The van der Waals surface area contributed by atoms with Gasteiger partial charge in [-0.15, -0.1) is 0 Å². The Bertz CT molecular complexity index is 936. The molecule has 1 fully saturated rings. The zero-order valence-corrected chi connectivity index (χ0v) is 20.8. The average molecular weight is 457 g/mol. The molecule has 0 atom stereocenters. The molecule has 1 aliphatic rings. The Morgan fingerprint density at radius 2 is 1.88 bits per heavy atom. The summed E-state index contributed by atoms with van der Waals surface area (Å²) in [4.78, 5) is 11.7. The zero-order valence-electron chi connectivity index (χ0n) is 20.8. The van der Waals surface area contributed by atoms with Crippen molar-refractivity contribution in [1.82, 2.24) is 15.1 Å². The van der Waals surface area contributed by atoms with E-state index in [-0.39, 0.29) is 11.2 Å². The molecule has 0 aliphatic carbocycles. The summed E-state index contributed by atoms with van der Waals surface area (Å²) < 4.78 is 25.1. The number of alkyl carbamates (subject to hydrolysis) is 1. The molecule has 2 heterocycles. The van der Waals surface area contributed by atoms with Crippen LogP contribution >= 0.6 is 0 Å². The van der Waals surface area contributed by atoms with Crippen molar-refractivity contribution < 1.29 is 23.6 Å². The fourth-order valence-electron chi connectivity index (χ4n) is 3.25. The number of hydrogen-bond acceptors (Lipinski definition) is 6. The standard InChI is InChI=1S/C24H36BN3O5/c1-22(2,3)31-21(29)26-12-9-13-30-20-11-8-10-18(14-20)16-28-17-19(15-27-28)25-32-23(4,5)24(6,7)33-25/h8,10-11,14-15,17H,9,12-13,16H2,1-7H3,(H,26,29). The maximum Gasteiger partial charge on any atom is 0.498 e. The third kappa shape index (κ3) is 6.98. The van der Waals surface area contributed by atoms with Gasteiger partial charge in [-0.1, -0.05) is 12.1 Å². The Kier molecular flexibility index (Phi) is 7.44. The van der Waals surface area contributed by atoms with Crippen molar-refractivity contribution in [1.29, 1.82) is 0 Å². The highest BCUT2D eigenvalue weighted by molar-refractivity contribution is 6.62. The quantitative estimate of drug-likeness (QED) is 0.483. The Morgan fingerprint density at radius 3 is 2.55 bits per heavy atom. The highest BCUT2D eigenvalue weighted by atomic mass is 16.7. The van der Waals surface area contributed by atoms with Gasteiger partial charge in [0, 0.05) is 24.4 Å². The molecule has 33 heavy (non-hydrogen) atoms. The van der Waals surface area contributed by atoms with Gasteiger partial charge in [-0.25, -0.2) is 4.79 Å². The van der Waals surface area contributed by atoms with Crippen molar-refractivity contribution in [2.45, 2.75) is 78.2 Å². The van der Waals surface area contributed by atoms with Gasteiger partial charge >= 0.3 is 13.2 Å². The van der Waals surface area contributed by atoms with Crippen molar-refractivity contribution in [3.8, 4) is 5.75 Å². The van der Waals surface area contributed by atoms with Gasteiger partial charge < -0.3 is 24.1 Å². The minimum Gasteiger partial charge on any atom is -0.494 e. The lowest BCUT2D eigenvalue weighted by atomic mass is 9.82. The fraction of sp³-hybridized carbons (Fsp3) is 0.583. The second kappa shape index (κ2) is 9.77. The number of ether oxygens (including phenoxy) is 2. The van der Waals surface area contributed by atoms with Crippen LogP contribution in [0.15, 0.2) is 36.7 Å². The molecule has 1 aromatic carbocycles. The third-order valence-electron chi connectivity index (χ3n) is 5.68. The molecule has 0 radical (unpaired) electrons. The van der Waals surface area contributed by atoms with E-state index in [2.05, 4.69) is 10.4 Å². The first-order valence-electron chi connectivity index (χ1n) is 11.4. The zero-order chi connectivity index (χ0) is 24.3. The lowest BCUT2D eigenvalue weighted by Gasteiger charge is -2.32. The van der Waals surface area contributed by atoms with Crippen LogP contribution in [0.1, 0.15) is 60.5 Å². The lowest BCUT2D eigenvalue weighted by Crippen LogP contribution is -2.41. The highest BCUT2D eigenvalue weighted by Gasteiger charge is 2.52. The number of rotatable bonds is 8. The number of hydrogen-bond donors (Lipinski definition) is 1. The maximum absolute atomic E-state index is 11.7. The SMILES string of the molecule is CC(C)(C)OC(=O)NCCCOc1cccc(Cn2cc(B3OC(C)(C)C(C)(C)O3)cn2)c1. The second-order valence-electron chi connectivity index (χ2n) is 10.3. The maximum atomic E-state index is 11.7. The van der Waals surface area contributed by atoms with Gasteiger partial charge in [-0.3, -0.25) is 4.68 Å². The Balaban J connectivity index is 1.47. The average Bonchev–Trinajstić information content (AvgIpc) is 3.22. The van der Waals surface area contributed by atoms with Gasteiger partial charge in [0.25, 0.3) is 0 Å². The van der Waals surface area contributed by atoms with E-state index >= 15 is 0 Å². The van der Waals surface area contributed by atoms with Crippen LogP contribution in [-0.2, 0) is 20.6 Å². The van der Waals surface area contributed by atoms with Gasteiger partial charge in [-0.2, -0.15) is 5.10 Å². The van der Waals surface area contributed by atoms with Crippen LogP contribution in [0.2, 0.25) is 0 Å². The van der Waals surface area contributed by atoms with Gasteiger partial charge in [-0.05, 0) is 72.6 Å². The Labute approximate surface area is 197 Å². The number of amides is 1. The molecule has 1 amide bonds. The number of carbonyl (C=O) groups is 1. The molecular weight excluding hydrogens is 421 g/mol. The molecule has 0 saturated carbocycles. The first kappa shape index (κ1) is 25.1. The Morgan fingerprint density at radius 1 is 1.18 bits per heavy atom. The number of aromatic nitrogens is 2. The van der Waals surface area contributed by atoms with E-state index in [1.807, 2.05) is 83.6 Å². The molecule has 180 valence electrons. The smallest absolute Gasteiger partial charge is 0.494 e. The van der Waals surface area contributed by atoms with Gasteiger partial charge in [0.1, 0.15) is 11.4 Å². The number of carbonyl (C=O) groups excluding carboxylic acids is 1. The van der Waals surface area contributed by atoms with Crippen molar-refractivity contribution in [2.24, 2.45) is 0 Å². The minimum atomic E-state index is -0.499. The van der Waals surface area contributed by atoms with Crippen LogP contribution in [-0.4, -0.2) is 52.9 Å². The van der Waals surface area contributed by atoms with Crippen LogP contribution in [0.5, 0.6) is 5.75 Å². The normalized spacial score (nSPS) is 17.1. The molecule has 3 rings (SSSR count). The summed E-state index contributed by atoms with van der Waals surface area (Å²) in [6.45, 7) is 15.3. The second-order valence-corrected chi connectivity index (χ2v) is 10.3. The molecular formula is C24H36BN3O5. The summed E-state index contributed by atoms with van der Waals surface area (Å²) in [5, 5.41) is 7.21. The van der Waals surface area contributed by atoms with E-state index in [4.69, 9.17) is 18.8 Å². The summed E-state index contributed by atoms with van der Waals surface area (Å²) in [5.74, 6) is 0.781. The lowest BCUT2D eigenvalue weighted by molar-refractivity contribution is 0.00578. The van der Waals surface area contributed by atoms with E-state index in [0.29, 0.717) is 26.1 Å². The molecule has 0 bridgehead atoms. The fourth-order valence-corrected chi connectivity index (χ4v) is 3.25. The molecule has 2 aromatic rings. The number of nitrogens with zero attached hydrogens (tertiary/aromatic N) is 2. The van der Waals surface area contributed by atoms with Gasteiger partial charge in [0.2, 0.25) is 0 Å².